The number of hydrogen-bond donors (Lipinski definition) is 2. The third-order valence-electron chi connectivity index (χ3n) is 4.32. The molecule has 1 amide bonds. The van der Waals surface area contributed by atoms with Gasteiger partial charge in [-0.3, -0.25) is 4.79 Å². The molecule has 1 aliphatic heterocycles. The van der Waals surface area contributed by atoms with Gasteiger partial charge in [-0.2, -0.15) is 18.3 Å². The van der Waals surface area contributed by atoms with Crippen LogP contribution in [-0.4, -0.2) is 56.7 Å². The number of ether oxygens (including phenoxy) is 1. The molecule has 4 rings (SSSR count). The minimum absolute atomic E-state index is 0.0490. The summed E-state index contributed by atoms with van der Waals surface area (Å²) in [6, 6.07) is 4.88. The molecule has 30 heavy (non-hydrogen) atoms. The number of carbonyl (C=O) groups excluding carboxylic acids is 1. The van der Waals surface area contributed by atoms with Crippen LogP contribution in [0.1, 0.15) is 15.2 Å². The Hall–Kier alpha value is -2.99. The molecule has 3 heterocycles. The van der Waals surface area contributed by atoms with Crippen molar-refractivity contribution in [1.82, 2.24) is 25.1 Å². The average molecular weight is 439 g/mol. The Morgan fingerprint density at radius 1 is 1.37 bits per heavy atom. The van der Waals surface area contributed by atoms with E-state index in [0.29, 0.717) is 40.6 Å². The monoisotopic (exact) mass is 439 g/mol. The predicted molar refractivity (Wildman–Crippen MR) is 101 cm³/mol. The number of alkyl halides is 3. The second-order valence-electron chi connectivity index (χ2n) is 6.44. The van der Waals surface area contributed by atoms with Gasteiger partial charge in [-0.05, 0) is 18.2 Å². The quantitative estimate of drug-likeness (QED) is 0.633. The molecule has 2 N–H and O–H groups in total. The molecule has 0 saturated heterocycles. The summed E-state index contributed by atoms with van der Waals surface area (Å²) >= 11 is 1.24. The molecule has 12 heteroatoms. The molecule has 3 aromatic rings. The van der Waals surface area contributed by atoms with E-state index < -0.39 is 12.7 Å². The first-order valence-electron chi connectivity index (χ1n) is 8.96. The van der Waals surface area contributed by atoms with Gasteiger partial charge < -0.3 is 15.2 Å². The Morgan fingerprint density at radius 2 is 2.20 bits per heavy atom. The minimum atomic E-state index is -4.43. The molecule has 158 valence electrons. The van der Waals surface area contributed by atoms with E-state index in [0.717, 1.165) is 15.9 Å². The number of halogens is 3. The Kier molecular flexibility index (Phi) is 5.43. The van der Waals surface area contributed by atoms with Gasteiger partial charge in [-0.15, -0.1) is 11.3 Å². The molecule has 0 aliphatic carbocycles. The lowest BCUT2D eigenvalue weighted by Crippen LogP contribution is -2.26. The maximum Gasteiger partial charge on any atom is 0.408 e. The van der Waals surface area contributed by atoms with Crippen molar-refractivity contribution in [2.75, 3.05) is 19.8 Å². The van der Waals surface area contributed by atoms with Gasteiger partial charge in [0.15, 0.2) is 10.8 Å². The summed E-state index contributed by atoms with van der Waals surface area (Å²) in [7, 11) is 0. The fourth-order valence-electron chi connectivity index (χ4n) is 3.05. The standard InChI is InChI=1S/C18H16F3N5O3S/c19-18(20,21)8-26-15(23-9-24-26)17-25-14-11-2-1-10(16(28)22-4-5-27)7-12(11)29-6-3-13(14)30-17/h1-2,7,9,27H,3-6,8H2,(H,22,28). The third-order valence-corrected chi connectivity index (χ3v) is 5.43. The smallest absolute Gasteiger partial charge is 0.408 e. The van der Waals surface area contributed by atoms with Crippen LogP contribution >= 0.6 is 11.3 Å². The van der Waals surface area contributed by atoms with Crippen molar-refractivity contribution in [3.05, 3.63) is 35.0 Å². The number of rotatable bonds is 5. The van der Waals surface area contributed by atoms with Crippen LogP contribution in [0.15, 0.2) is 24.5 Å². The first-order chi connectivity index (χ1) is 14.4. The van der Waals surface area contributed by atoms with E-state index in [9.17, 15) is 18.0 Å². The second kappa shape index (κ2) is 8.03. The van der Waals surface area contributed by atoms with Crippen LogP contribution in [0.2, 0.25) is 0 Å². The number of aliphatic hydroxyl groups excluding tert-OH is 1. The summed E-state index contributed by atoms with van der Waals surface area (Å²) in [5.41, 5.74) is 1.60. The normalized spacial score (nSPS) is 13.2. The Bertz CT molecular complexity index is 1080. The summed E-state index contributed by atoms with van der Waals surface area (Å²) in [6.07, 6.45) is -2.84. The van der Waals surface area contributed by atoms with E-state index in [2.05, 4.69) is 20.4 Å². The number of nitrogens with zero attached hydrogens (tertiary/aromatic N) is 4. The highest BCUT2D eigenvalue weighted by Gasteiger charge is 2.31. The molecule has 1 aromatic carbocycles. The van der Waals surface area contributed by atoms with Crippen molar-refractivity contribution in [2.45, 2.75) is 19.1 Å². The van der Waals surface area contributed by atoms with Crippen molar-refractivity contribution < 1.29 is 27.8 Å². The van der Waals surface area contributed by atoms with E-state index in [1.807, 2.05) is 0 Å². The number of hydrogen-bond acceptors (Lipinski definition) is 7. The molecule has 0 saturated carbocycles. The van der Waals surface area contributed by atoms with E-state index in [4.69, 9.17) is 9.84 Å². The SMILES string of the molecule is O=C(NCCO)c1ccc2c(c1)OCCc1sc(-c3ncnn3CC(F)(F)F)nc1-2. The molecular formula is C18H16F3N5O3S. The van der Waals surface area contributed by atoms with E-state index >= 15 is 0 Å². The van der Waals surface area contributed by atoms with Crippen LogP contribution < -0.4 is 10.1 Å². The minimum Gasteiger partial charge on any atom is -0.492 e. The fraction of sp³-hybridized carbons (Fsp3) is 0.333. The van der Waals surface area contributed by atoms with Crippen LogP contribution in [0.3, 0.4) is 0 Å². The van der Waals surface area contributed by atoms with Crippen LogP contribution in [-0.2, 0) is 13.0 Å². The summed E-state index contributed by atoms with van der Waals surface area (Å²) in [4.78, 5) is 21.5. The van der Waals surface area contributed by atoms with Gasteiger partial charge in [0.25, 0.3) is 5.91 Å². The van der Waals surface area contributed by atoms with Crippen molar-refractivity contribution >= 4 is 17.2 Å². The Morgan fingerprint density at radius 3 is 2.97 bits per heavy atom. The van der Waals surface area contributed by atoms with Crippen molar-refractivity contribution in [3.63, 3.8) is 0 Å². The summed E-state index contributed by atoms with van der Waals surface area (Å²) in [5.74, 6) is 0.158. The molecule has 0 atom stereocenters. The van der Waals surface area contributed by atoms with Crippen molar-refractivity contribution in [3.8, 4) is 27.8 Å². The number of nitrogens with one attached hydrogen (secondary N) is 1. The lowest BCUT2D eigenvalue weighted by Gasteiger charge is -2.10. The molecule has 0 bridgehead atoms. The van der Waals surface area contributed by atoms with Gasteiger partial charge in [-0.1, -0.05) is 0 Å². The van der Waals surface area contributed by atoms with Crippen LogP contribution in [0.4, 0.5) is 13.2 Å². The van der Waals surface area contributed by atoms with E-state index in [1.165, 1.54) is 11.3 Å². The van der Waals surface area contributed by atoms with Gasteiger partial charge in [0.1, 0.15) is 18.6 Å². The maximum atomic E-state index is 12.8. The molecule has 0 fully saturated rings. The zero-order valence-corrected chi connectivity index (χ0v) is 16.3. The number of aromatic nitrogens is 4. The van der Waals surface area contributed by atoms with Gasteiger partial charge in [0, 0.05) is 29.0 Å². The van der Waals surface area contributed by atoms with E-state index in [-0.39, 0.29) is 24.9 Å². The van der Waals surface area contributed by atoms with Gasteiger partial charge >= 0.3 is 6.18 Å². The Balaban J connectivity index is 1.69. The molecule has 0 radical (unpaired) electrons. The lowest BCUT2D eigenvalue weighted by molar-refractivity contribution is -0.142. The number of benzene rings is 1. The number of fused-ring (bicyclic) bond motifs is 3. The van der Waals surface area contributed by atoms with E-state index in [1.54, 1.807) is 18.2 Å². The number of carbonyl (C=O) groups is 1. The molecular weight excluding hydrogens is 423 g/mol. The number of amides is 1. The molecule has 0 unspecified atom stereocenters. The van der Waals surface area contributed by atoms with Crippen LogP contribution in [0.25, 0.3) is 22.1 Å². The molecule has 0 spiro atoms. The molecule has 1 aliphatic rings. The maximum absolute atomic E-state index is 12.8. The summed E-state index contributed by atoms with van der Waals surface area (Å²) < 4.78 is 45.0. The highest BCUT2D eigenvalue weighted by Crippen LogP contribution is 2.40. The second-order valence-corrected chi connectivity index (χ2v) is 7.52. The largest absolute Gasteiger partial charge is 0.492 e. The van der Waals surface area contributed by atoms with Crippen LogP contribution in [0, 0.1) is 0 Å². The summed E-state index contributed by atoms with van der Waals surface area (Å²) in [6.45, 7) is -0.955. The van der Waals surface area contributed by atoms with Crippen LogP contribution in [0.5, 0.6) is 5.75 Å². The average Bonchev–Trinajstić information content (AvgIpc) is 3.27. The highest BCUT2D eigenvalue weighted by atomic mass is 32.1. The first kappa shape index (κ1) is 20.3. The molecule has 2 aromatic heterocycles. The van der Waals surface area contributed by atoms with Gasteiger partial charge in [0.05, 0.1) is 18.9 Å². The first-order valence-corrected chi connectivity index (χ1v) is 9.78. The Labute approximate surface area is 172 Å². The topological polar surface area (TPSA) is 102 Å². The van der Waals surface area contributed by atoms with Gasteiger partial charge in [-0.25, -0.2) is 14.6 Å². The zero-order chi connectivity index (χ0) is 21.3. The van der Waals surface area contributed by atoms with Gasteiger partial charge in [0.2, 0.25) is 0 Å². The zero-order valence-electron chi connectivity index (χ0n) is 15.4. The van der Waals surface area contributed by atoms with Crippen molar-refractivity contribution in [2.24, 2.45) is 0 Å². The fourth-order valence-corrected chi connectivity index (χ4v) is 4.10. The predicted octanol–water partition coefficient (Wildman–Crippen LogP) is 2.29. The third kappa shape index (κ3) is 4.14. The summed E-state index contributed by atoms with van der Waals surface area (Å²) in [5, 5.41) is 15.4. The molecule has 8 nitrogen and oxygen atoms in total. The lowest BCUT2D eigenvalue weighted by atomic mass is 10.1. The number of thiazole rings is 1. The van der Waals surface area contributed by atoms with Crippen molar-refractivity contribution in [1.29, 1.82) is 0 Å². The highest BCUT2D eigenvalue weighted by molar-refractivity contribution is 7.15. The number of aliphatic hydroxyl groups is 1.